The Bertz CT molecular complexity index is 779. The molecular weight excluding hydrogens is 546 g/mol. The molecule has 41 heavy (non-hydrogen) atoms. The molecule has 0 bridgehead atoms. The van der Waals surface area contributed by atoms with Gasteiger partial charge < -0.3 is 47.4 Å². The van der Waals surface area contributed by atoms with Gasteiger partial charge in [0, 0.05) is 18.2 Å². The maximum absolute atomic E-state index is 10.8. The zero-order chi connectivity index (χ0) is 29.6. The first-order valence-electron chi connectivity index (χ1n) is 13.4. The highest BCUT2D eigenvalue weighted by molar-refractivity contribution is 5.81. The predicted octanol–water partition coefficient (Wildman–Crippen LogP) is 1.84. The Labute approximate surface area is 240 Å². The van der Waals surface area contributed by atoms with Crippen molar-refractivity contribution in [2.24, 2.45) is 0 Å². The first-order valence-corrected chi connectivity index (χ1v) is 13.4. The predicted molar refractivity (Wildman–Crippen MR) is 146 cm³/mol. The van der Waals surface area contributed by atoms with Crippen LogP contribution in [-0.2, 0) is 47.4 Å². The highest BCUT2D eigenvalue weighted by Gasteiger charge is 2.04. The van der Waals surface area contributed by atoms with Crippen molar-refractivity contribution >= 4 is 11.7 Å². The molecule has 0 spiro atoms. The summed E-state index contributed by atoms with van der Waals surface area (Å²) in [6, 6.07) is 5.89. The molecule has 0 atom stereocenters. The number of nitro groups is 1. The van der Waals surface area contributed by atoms with Gasteiger partial charge in [0.15, 0.2) is 0 Å². The van der Waals surface area contributed by atoms with Gasteiger partial charge in [-0.25, -0.2) is 4.79 Å². The number of nitro benzene ring substituents is 1. The van der Waals surface area contributed by atoms with Gasteiger partial charge in [0.05, 0.1) is 111 Å². The van der Waals surface area contributed by atoms with Crippen LogP contribution in [0, 0.1) is 10.1 Å². The van der Waals surface area contributed by atoms with Gasteiger partial charge in [0.2, 0.25) is 0 Å². The van der Waals surface area contributed by atoms with E-state index in [2.05, 4.69) is 6.58 Å². The Balaban J connectivity index is 1.68. The van der Waals surface area contributed by atoms with Gasteiger partial charge in [-0.15, -0.1) is 0 Å². The van der Waals surface area contributed by atoms with Crippen molar-refractivity contribution in [2.45, 2.75) is 0 Å². The Morgan fingerprint density at radius 2 is 0.902 bits per heavy atom. The molecule has 0 aliphatic heterocycles. The summed E-state index contributed by atoms with van der Waals surface area (Å²) in [6.07, 6.45) is 1.11. The van der Waals surface area contributed by atoms with E-state index >= 15 is 0 Å². The number of carbonyl (C=O) groups excluding carboxylic acids is 1. The lowest BCUT2D eigenvalue weighted by Crippen LogP contribution is -2.15. The lowest BCUT2D eigenvalue weighted by Gasteiger charge is -2.09. The van der Waals surface area contributed by atoms with E-state index in [1.54, 1.807) is 12.1 Å². The molecule has 0 heterocycles. The number of nitrogens with zero attached hydrogens (tertiary/aromatic N) is 1. The van der Waals surface area contributed by atoms with Crippen LogP contribution in [0.2, 0.25) is 0 Å². The monoisotopic (exact) mass is 589 g/mol. The lowest BCUT2D eigenvalue weighted by atomic mass is 10.3. The minimum Gasteiger partial charge on any atom is -0.491 e. The summed E-state index contributed by atoms with van der Waals surface area (Å²) in [5.41, 5.74) is 0.0222. The van der Waals surface area contributed by atoms with Gasteiger partial charge in [0.1, 0.15) is 19.0 Å². The molecule has 0 saturated carbocycles. The van der Waals surface area contributed by atoms with Crippen molar-refractivity contribution in [3.05, 3.63) is 47.0 Å². The fraction of sp³-hybridized carbons (Fsp3) is 0.667. The fourth-order valence-corrected chi connectivity index (χ4v) is 2.78. The van der Waals surface area contributed by atoms with Crippen LogP contribution in [0.25, 0.3) is 0 Å². The SMILES string of the molecule is C=CC(=O)OCCOCCOCCOCCOCCOCCOCCOCCOCCOc1ccc([N+](=O)[O-])cc1. The van der Waals surface area contributed by atoms with Gasteiger partial charge >= 0.3 is 5.97 Å². The van der Waals surface area contributed by atoms with Crippen LogP contribution in [0.1, 0.15) is 0 Å². The Morgan fingerprint density at radius 1 is 0.585 bits per heavy atom. The van der Waals surface area contributed by atoms with Crippen LogP contribution in [-0.4, -0.2) is 130 Å². The number of non-ortho nitro benzene ring substituents is 1. The number of benzene rings is 1. The average Bonchev–Trinajstić information content (AvgIpc) is 2.98. The average molecular weight is 590 g/mol. The smallest absolute Gasteiger partial charge is 0.330 e. The Hall–Kier alpha value is -2.69. The molecule has 0 aromatic heterocycles. The summed E-state index contributed by atoms with van der Waals surface area (Å²) < 4.78 is 53.4. The normalized spacial score (nSPS) is 10.9. The number of rotatable bonds is 30. The summed E-state index contributed by atoms with van der Waals surface area (Å²) in [6.45, 7) is 10.9. The molecule has 0 aliphatic carbocycles. The second-order valence-corrected chi connectivity index (χ2v) is 7.87. The fourth-order valence-electron chi connectivity index (χ4n) is 2.78. The molecule has 234 valence electrons. The van der Waals surface area contributed by atoms with E-state index in [-0.39, 0.29) is 12.3 Å². The minimum atomic E-state index is -0.466. The third kappa shape index (κ3) is 23.7. The first-order chi connectivity index (χ1) is 20.1. The maximum Gasteiger partial charge on any atom is 0.330 e. The first kappa shape index (κ1) is 36.3. The third-order valence-electron chi connectivity index (χ3n) is 4.79. The van der Waals surface area contributed by atoms with E-state index in [0.29, 0.717) is 118 Å². The van der Waals surface area contributed by atoms with Crippen molar-refractivity contribution < 1.29 is 57.1 Å². The second kappa shape index (κ2) is 27.5. The molecule has 0 unspecified atom stereocenters. The van der Waals surface area contributed by atoms with Gasteiger partial charge in [-0.3, -0.25) is 10.1 Å². The van der Waals surface area contributed by atoms with E-state index < -0.39 is 10.9 Å². The molecule has 14 heteroatoms. The summed E-state index contributed by atoms with van der Waals surface area (Å²) in [4.78, 5) is 21.0. The van der Waals surface area contributed by atoms with E-state index in [1.165, 1.54) is 12.1 Å². The standard InChI is InChI=1S/C27H43NO13/c1-2-27(29)41-24-22-39-20-18-37-16-14-35-12-10-33-8-7-32-9-11-34-13-15-36-17-19-38-21-23-40-26-5-3-25(4-6-26)28(30)31/h2-6H,1,7-24H2. The molecule has 0 saturated heterocycles. The van der Waals surface area contributed by atoms with E-state index in [1.807, 2.05) is 0 Å². The summed E-state index contributed by atoms with van der Waals surface area (Å²) in [5, 5.41) is 10.6. The molecule has 1 aromatic rings. The van der Waals surface area contributed by atoms with Crippen molar-refractivity contribution in [1.29, 1.82) is 0 Å². The number of carbonyl (C=O) groups is 1. The highest BCUT2D eigenvalue weighted by Crippen LogP contribution is 2.17. The second-order valence-electron chi connectivity index (χ2n) is 7.87. The molecular formula is C27H43NO13. The lowest BCUT2D eigenvalue weighted by molar-refractivity contribution is -0.384. The van der Waals surface area contributed by atoms with Gasteiger partial charge in [-0.1, -0.05) is 6.58 Å². The maximum atomic E-state index is 10.8. The summed E-state index contributed by atoms with van der Waals surface area (Å²) in [7, 11) is 0. The van der Waals surface area contributed by atoms with Crippen molar-refractivity contribution in [3.8, 4) is 5.75 Å². The Morgan fingerprint density at radius 3 is 1.22 bits per heavy atom. The van der Waals surface area contributed by atoms with E-state index in [9.17, 15) is 14.9 Å². The van der Waals surface area contributed by atoms with Gasteiger partial charge in [-0.2, -0.15) is 0 Å². The number of ether oxygens (including phenoxy) is 10. The van der Waals surface area contributed by atoms with E-state index in [4.69, 9.17) is 47.4 Å². The molecule has 1 aromatic carbocycles. The largest absolute Gasteiger partial charge is 0.491 e. The van der Waals surface area contributed by atoms with Crippen LogP contribution in [0.3, 0.4) is 0 Å². The van der Waals surface area contributed by atoms with Crippen LogP contribution in [0.15, 0.2) is 36.9 Å². The molecule has 0 aliphatic rings. The van der Waals surface area contributed by atoms with Gasteiger partial charge in [0.25, 0.3) is 5.69 Å². The molecule has 0 amide bonds. The molecule has 1 rings (SSSR count). The number of hydrogen-bond donors (Lipinski definition) is 0. The minimum absolute atomic E-state index is 0.0222. The highest BCUT2D eigenvalue weighted by atomic mass is 16.6. The molecule has 14 nitrogen and oxygen atoms in total. The molecule has 0 N–H and O–H groups in total. The van der Waals surface area contributed by atoms with Crippen LogP contribution >= 0.6 is 0 Å². The topological polar surface area (TPSA) is 153 Å². The zero-order valence-corrected chi connectivity index (χ0v) is 23.6. The van der Waals surface area contributed by atoms with Crippen molar-refractivity contribution in [2.75, 3.05) is 119 Å². The molecule has 0 radical (unpaired) electrons. The quantitative estimate of drug-likeness (QED) is 0.0422. The van der Waals surface area contributed by atoms with Crippen LogP contribution < -0.4 is 4.74 Å². The molecule has 0 fully saturated rings. The van der Waals surface area contributed by atoms with Crippen LogP contribution in [0.4, 0.5) is 5.69 Å². The number of hydrogen-bond acceptors (Lipinski definition) is 13. The summed E-state index contributed by atoms with van der Waals surface area (Å²) >= 11 is 0. The van der Waals surface area contributed by atoms with E-state index in [0.717, 1.165) is 6.08 Å². The Kier molecular flexibility index (Phi) is 24.4. The number of esters is 1. The third-order valence-corrected chi connectivity index (χ3v) is 4.79. The van der Waals surface area contributed by atoms with Crippen LogP contribution in [0.5, 0.6) is 5.75 Å². The van der Waals surface area contributed by atoms with Gasteiger partial charge in [-0.05, 0) is 12.1 Å². The van der Waals surface area contributed by atoms with Crippen molar-refractivity contribution in [1.82, 2.24) is 0 Å². The zero-order valence-electron chi connectivity index (χ0n) is 23.6. The van der Waals surface area contributed by atoms with Crippen molar-refractivity contribution in [3.63, 3.8) is 0 Å². The summed E-state index contributed by atoms with van der Waals surface area (Å²) in [5.74, 6) is 0.0862.